The van der Waals surface area contributed by atoms with E-state index in [1.807, 2.05) is 6.92 Å². The molecule has 0 heterocycles. The van der Waals surface area contributed by atoms with E-state index in [0.717, 1.165) is 32.0 Å². The molecule has 0 radical (unpaired) electrons. The minimum atomic E-state index is -1.48. The Hall–Kier alpha value is -0.700. The smallest absolute Gasteiger partial charge is 0.152 e. The molecule has 0 amide bonds. The highest BCUT2D eigenvalue weighted by molar-refractivity contribution is 5.73. The molecule has 0 aromatic heterocycles. The zero-order chi connectivity index (χ0) is 13.6. The molecule has 2 fully saturated rings. The first kappa shape index (κ1) is 13.7. The highest BCUT2D eigenvalue weighted by atomic mass is 16.3. The van der Waals surface area contributed by atoms with Gasteiger partial charge in [0.25, 0.3) is 0 Å². The van der Waals surface area contributed by atoms with Crippen LogP contribution in [0.1, 0.15) is 52.9 Å². The molecule has 0 spiro atoms. The zero-order valence-electron chi connectivity index (χ0n) is 11.6. The summed E-state index contributed by atoms with van der Waals surface area (Å²) in [4.78, 5) is 22.7. The predicted molar refractivity (Wildman–Crippen MR) is 69.0 cm³/mol. The molecule has 1 N–H and O–H groups in total. The summed E-state index contributed by atoms with van der Waals surface area (Å²) in [7, 11) is 0. The number of hydrogen-bond donors (Lipinski definition) is 1. The average Bonchev–Trinajstić information content (AvgIpc) is 2.31. The quantitative estimate of drug-likeness (QED) is 0.768. The first-order valence-corrected chi connectivity index (χ1v) is 6.96. The van der Waals surface area contributed by atoms with Crippen molar-refractivity contribution in [2.75, 3.05) is 0 Å². The second-order valence-electron chi connectivity index (χ2n) is 7.08. The van der Waals surface area contributed by atoms with Gasteiger partial charge in [-0.15, -0.1) is 0 Å². The van der Waals surface area contributed by atoms with Crippen LogP contribution in [0.4, 0.5) is 0 Å². The maximum absolute atomic E-state index is 11.5. The topological polar surface area (TPSA) is 54.4 Å². The van der Waals surface area contributed by atoms with Crippen molar-refractivity contribution in [3.8, 4) is 0 Å². The first-order valence-electron chi connectivity index (χ1n) is 6.96. The van der Waals surface area contributed by atoms with Crippen LogP contribution in [0.25, 0.3) is 0 Å². The van der Waals surface area contributed by atoms with E-state index in [9.17, 15) is 14.7 Å². The third kappa shape index (κ3) is 1.59. The van der Waals surface area contributed by atoms with E-state index in [-0.39, 0.29) is 5.41 Å². The molecule has 0 aliphatic heterocycles. The number of carbonyl (C=O) groups is 2. The molecular weight excluding hydrogens is 228 g/mol. The normalized spacial score (nSPS) is 47.1. The van der Waals surface area contributed by atoms with Gasteiger partial charge in [-0.2, -0.15) is 0 Å². The first-order chi connectivity index (χ1) is 8.32. The maximum Gasteiger partial charge on any atom is 0.152 e. The van der Waals surface area contributed by atoms with Gasteiger partial charge >= 0.3 is 0 Å². The van der Waals surface area contributed by atoms with Gasteiger partial charge in [-0.3, -0.25) is 0 Å². The average molecular weight is 252 g/mol. The number of fused-ring (bicyclic) bond motifs is 1. The molecule has 0 saturated heterocycles. The number of carbonyl (C=O) groups excluding carboxylic acids is 2. The van der Waals surface area contributed by atoms with Crippen molar-refractivity contribution >= 4 is 12.6 Å². The Morgan fingerprint density at radius 3 is 2.33 bits per heavy atom. The molecular formula is C15H24O3. The molecule has 3 heteroatoms. The summed E-state index contributed by atoms with van der Waals surface area (Å²) in [5, 5.41) is 10.8. The molecule has 0 aromatic rings. The molecule has 0 aromatic carbocycles. The van der Waals surface area contributed by atoms with Crippen molar-refractivity contribution in [2.24, 2.45) is 22.7 Å². The Bertz CT molecular complexity index is 363. The Labute approximate surface area is 109 Å². The number of aldehydes is 2. The molecule has 0 bridgehead atoms. The van der Waals surface area contributed by atoms with Crippen LogP contribution in [0.3, 0.4) is 0 Å². The van der Waals surface area contributed by atoms with E-state index in [2.05, 4.69) is 13.8 Å². The fourth-order valence-corrected chi connectivity index (χ4v) is 4.69. The fourth-order valence-electron chi connectivity index (χ4n) is 4.69. The van der Waals surface area contributed by atoms with Crippen LogP contribution in [0.5, 0.6) is 0 Å². The van der Waals surface area contributed by atoms with E-state index in [4.69, 9.17) is 0 Å². The van der Waals surface area contributed by atoms with E-state index in [1.54, 1.807) is 0 Å². The van der Waals surface area contributed by atoms with Crippen LogP contribution in [-0.4, -0.2) is 23.3 Å². The second-order valence-corrected chi connectivity index (χ2v) is 7.08. The molecule has 4 atom stereocenters. The van der Waals surface area contributed by atoms with Crippen LogP contribution in [-0.2, 0) is 9.59 Å². The summed E-state index contributed by atoms with van der Waals surface area (Å²) in [6.45, 7) is 6.45. The van der Waals surface area contributed by atoms with Gasteiger partial charge in [0.2, 0.25) is 0 Å². The third-order valence-corrected chi connectivity index (χ3v) is 5.82. The molecule has 2 aliphatic rings. The van der Waals surface area contributed by atoms with Crippen LogP contribution >= 0.6 is 0 Å². The Balaban J connectivity index is 2.48. The number of hydrogen-bond acceptors (Lipinski definition) is 3. The molecule has 18 heavy (non-hydrogen) atoms. The summed E-state index contributed by atoms with van der Waals surface area (Å²) < 4.78 is 0. The second kappa shape index (κ2) is 4.16. The summed E-state index contributed by atoms with van der Waals surface area (Å²) in [6, 6.07) is 0. The minimum absolute atomic E-state index is 0.137. The van der Waals surface area contributed by atoms with Gasteiger partial charge in [0.15, 0.2) is 6.29 Å². The molecule has 1 unspecified atom stereocenters. The van der Waals surface area contributed by atoms with E-state index in [1.165, 1.54) is 0 Å². The van der Waals surface area contributed by atoms with Gasteiger partial charge in [-0.1, -0.05) is 27.2 Å². The van der Waals surface area contributed by atoms with Crippen molar-refractivity contribution < 1.29 is 14.7 Å². The lowest BCUT2D eigenvalue weighted by Gasteiger charge is -2.60. The Kier molecular flexibility index (Phi) is 3.17. The van der Waals surface area contributed by atoms with Crippen molar-refractivity contribution in [1.29, 1.82) is 0 Å². The van der Waals surface area contributed by atoms with Gasteiger partial charge in [0.05, 0.1) is 5.92 Å². The van der Waals surface area contributed by atoms with Gasteiger partial charge < -0.3 is 14.7 Å². The summed E-state index contributed by atoms with van der Waals surface area (Å²) >= 11 is 0. The minimum Gasteiger partial charge on any atom is -0.381 e. The highest BCUT2D eigenvalue weighted by Crippen LogP contribution is 2.61. The van der Waals surface area contributed by atoms with Crippen molar-refractivity contribution in [2.45, 2.75) is 58.5 Å². The van der Waals surface area contributed by atoms with E-state index < -0.39 is 16.9 Å². The van der Waals surface area contributed by atoms with Crippen molar-refractivity contribution in [3.63, 3.8) is 0 Å². The van der Waals surface area contributed by atoms with E-state index >= 15 is 0 Å². The lowest BCUT2D eigenvalue weighted by Crippen LogP contribution is -2.64. The summed E-state index contributed by atoms with van der Waals surface area (Å²) in [5.41, 5.74) is -1.80. The summed E-state index contributed by atoms with van der Waals surface area (Å²) in [6.07, 6.45) is 5.96. The van der Waals surface area contributed by atoms with Gasteiger partial charge in [0.1, 0.15) is 11.9 Å². The van der Waals surface area contributed by atoms with Gasteiger partial charge in [0, 0.05) is 5.41 Å². The summed E-state index contributed by atoms with van der Waals surface area (Å²) in [5.74, 6) is -0.227. The van der Waals surface area contributed by atoms with Crippen molar-refractivity contribution in [3.05, 3.63) is 0 Å². The monoisotopic (exact) mass is 252 g/mol. The van der Waals surface area contributed by atoms with Gasteiger partial charge in [-0.05, 0) is 37.0 Å². The Morgan fingerprint density at radius 1 is 1.11 bits per heavy atom. The Morgan fingerprint density at radius 2 is 1.78 bits per heavy atom. The van der Waals surface area contributed by atoms with Crippen LogP contribution in [0.2, 0.25) is 0 Å². The van der Waals surface area contributed by atoms with Crippen molar-refractivity contribution in [1.82, 2.24) is 0 Å². The molecule has 2 saturated carbocycles. The largest absolute Gasteiger partial charge is 0.381 e. The molecule has 2 rings (SSSR count). The van der Waals surface area contributed by atoms with E-state index in [0.29, 0.717) is 18.6 Å². The van der Waals surface area contributed by atoms with Crippen LogP contribution < -0.4 is 0 Å². The zero-order valence-corrected chi connectivity index (χ0v) is 11.6. The molecule has 2 aliphatic carbocycles. The third-order valence-electron chi connectivity index (χ3n) is 5.82. The van der Waals surface area contributed by atoms with Gasteiger partial charge in [-0.25, -0.2) is 0 Å². The molecule has 102 valence electrons. The fraction of sp³-hybridized carbons (Fsp3) is 0.867. The number of aliphatic hydroxyl groups is 1. The highest BCUT2D eigenvalue weighted by Gasteiger charge is 2.62. The molecule has 3 nitrogen and oxygen atoms in total. The lowest BCUT2D eigenvalue weighted by atomic mass is 9.45. The maximum atomic E-state index is 11.5. The number of rotatable bonds is 2. The lowest BCUT2D eigenvalue weighted by molar-refractivity contribution is -0.199. The predicted octanol–water partition coefficient (Wildman–Crippen LogP) is 2.36. The van der Waals surface area contributed by atoms with Crippen LogP contribution in [0, 0.1) is 22.7 Å². The standard InChI is InChI=1S/C15H24O3/c1-13(2)7-4-8-14(3)12(13)6-5-11(9-16)15(14,18)10-17/h9-12,18H,4-8H2,1-3H3/t11?,12-,14-,15-/m0/s1. The SMILES string of the molecule is CC1(C)CCC[C@@]2(C)[C@H]1CCC(C=O)[C@@]2(O)C=O. The van der Waals surface area contributed by atoms with Crippen LogP contribution in [0.15, 0.2) is 0 Å².